The SMILES string of the molecule is CCOc1ccc(C2/C(=C(\O)c3cc(C)ccc3C)C(=O)C(=O)N2CCOC)cc1. The first kappa shape index (κ1) is 21.6. The zero-order valence-corrected chi connectivity index (χ0v) is 17.8. The zero-order chi connectivity index (χ0) is 21.8. The molecule has 158 valence electrons. The van der Waals surface area contributed by atoms with Crippen LogP contribution in [0.3, 0.4) is 0 Å². The molecule has 1 heterocycles. The summed E-state index contributed by atoms with van der Waals surface area (Å²) in [6, 6.07) is 12.2. The van der Waals surface area contributed by atoms with E-state index in [1.807, 2.05) is 51.1 Å². The van der Waals surface area contributed by atoms with Crippen molar-refractivity contribution in [1.29, 1.82) is 0 Å². The van der Waals surface area contributed by atoms with Gasteiger partial charge in [-0.2, -0.15) is 0 Å². The zero-order valence-electron chi connectivity index (χ0n) is 17.8. The summed E-state index contributed by atoms with van der Waals surface area (Å²) in [4.78, 5) is 27.2. The molecule has 30 heavy (non-hydrogen) atoms. The van der Waals surface area contributed by atoms with Crippen LogP contribution >= 0.6 is 0 Å². The number of likely N-dealkylation sites (tertiary alicyclic amines) is 1. The van der Waals surface area contributed by atoms with Crippen molar-refractivity contribution in [3.63, 3.8) is 0 Å². The first-order chi connectivity index (χ1) is 14.4. The van der Waals surface area contributed by atoms with Gasteiger partial charge in [-0.15, -0.1) is 0 Å². The van der Waals surface area contributed by atoms with Crippen LogP contribution in [0.2, 0.25) is 0 Å². The Morgan fingerprint density at radius 1 is 1.10 bits per heavy atom. The van der Waals surface area contributed by atoms with E-state index in [9.17, 15) is 14.7 Å². The van der Waals surface area contributed by atoms with Gasteiger partial charge >= 0.3 is 0 Å². The highest BCUT2D eigenvalue weighted by Crippen LogP contribution is 2.40. The van der Waals surface area contributed by atoms with Gasteiger partial charge < -0.3 is 19.5 Å². The Morgan fingerprint density at radius 3 is 2.43 bits per heavy atom. The van der Waals surface area contributed by atoms with Gasteiger partial charge in [0.05, 0.1) is 24.8 Å². The second-order valence-corrected chi connectivity index (χ2v) is 7.31. The molecule has 2 aromatic carbocycles. The van der Waals surface area contributed by atoms with E-state index in [1.165, 1.54) is 4.90 Å². The highest BCUT2D eigenvalue weighted by atomic mass is 16.5. The number of methoxy groups -OCH3 is 1. The molecule has 1 aliphatic heterocycles. The van der Waals surface area contributed by atoms with E-state index in [0.717, 1.165) is 16.7 Å². The number of hydrogen-bond donors (Lipinski definition) is 1. The van der Waals surface area contributed by atoms with E-state index in [2.05, 4.69) is 0 Å². The number of rotatable bonds is 7. The van der Waals surface area contributed by atoms with E-state index < -0.39 is 17.7 Å². The quantitative estimate of drug-likeness (QED) is 0.428. The van der Waals surface area contributed by atoms with E-state index in [0.29, 0.717) is 17.9 Å². The topological polar surface area (TPSA) is 76.1 Å². The van der Waals surface area contributed by atoms with E-state index in [-0.39, 0.29) is 24.5 Å². The number of carbonyl (C=O) groups is 2. The number of carbonyl (C=O) groups excluding carboxylic acids is 2. The third-order valence-electron chi connectivity index (χ3n) is 5.23. The first-order valence-corrected chi connectivity index (χ1v) is 9.96. The largest absolute Gasteiger partial charge is 0.507 e. The first-order valence-electron chi connectivity index (χ1n) is 9.96. The van der Waals surface area contributed by atoms with Gasteiger partial charge in [-0.05, 0) is 50.1 Å². The molecule has 1 amide bonds. The average Bonchev–Trinajstić information content (AvgIpc) is 2.99. The van der Waals surface area contributed by atoms with Gasteiger partial charge in [0.1, 0.15) is 11.5 Å². The molecule has 0 saturated carbocycles. The maximum Gasteiger partial charge on any atom is 0.295 e. The average molecular weight is 409 g/mol. The van der Waals surface area contributed by atoms with Crippen molar-refractivity contribution in [1.82, 2.24) is 4.90 Å². The second kappa shape index (κ2) is 9.13. The molecule has 1 aliphatic rings. The Morgan fingerprint density at radius 2 is 1.80 bits per heavy atom. The maximum atomic E-state index is 13.0. The molecule has 6 nitrogen and oxygen atoms in total. The minimum atomic E-state index is -0.698. The number of benzene rings is 2. The van der Waals surface area contributed by atoms with Crippen molar-refractivity contribution in [2.24, 2.45) is 0 Å². The van der Waals surface area contributed by atoms with Crippen LogP contribution in [0.25, 0.3) is 5.76 Å². The van der Waals surface area contributed by atoms with Gasteiger partial charge in [-0.3, -0.25) is 9.59 Å². The lowest BCUT2D eigenvalue weighted by Gasteiger charge is -2.25. The lowest BCUT2D eigenvalue weighted by molar-refractivity contribution is -0.140. The molecular weight excluding hydrogens is 382 g/mol. The summed E-state index contributed by atoms with van der Waals surface area (Å²) in [5, 5.41) is 11.2. The number of ketones is 1. The molecule has 0 aromatic heterocycles. The van der Waals surface area contributed by atoms with Gasteiger partial charge in [0.2, 0.25) is 0 Å². The smallest absolute Gasteiger partial charge is 0.295 e. The highest BCUT2D eigenvalue weighted by molar-refractivity contribution is 6.46. The van der Waals surface area contributed by atoms with Crippen molar-refractivity contribution >= 4 is 17.4 Å². The third-order valence-corrected chi connectivity index (χ3v) is 5.23. The Kier molecular flexibility index (Phi) is 6.57. The second-order valence-electron chi connectivity index (χ2n) is 7.31. The molecule has 1 fully saturated rings. The molecule has 1 saturated heterocycles. The fourth-order valence-corrected chi connectivity index (χ4v) is 3.70. The Bertz CT molecular complexity index is 978. The number of ether oxygens (including phenoxy) is 2. The van der Waals surface area contributed by atoms with Crippen LogP contribution < -0.4 is 4.74 Å². The fraction of sp³-hybridized carbons (Fsp3) is 0.333. The standard InChI is InChI=1S/C24H27NO5/c1-5-30-18-10-8-17(9-11-18)21-20(23(27)24(28)25(21)12-13-29-4)22(26)19-14-15(2)6-7-16(19)3/h6-11,14,21,26H,5,12-13H2,1-4H3/b22-20+. The van der Waals surface area contributed by atoms with Crippen molar-refractivity contribution in [3.8, 4) is 5.75 Å². The lowest BCUT2D eigenvalue weighted by Crippen LogP contribution is -2.32. The van der Waals surface area contributed by atoms with Crippen LogP contribution in [0.4, 0.5) is 0 Å². The summed E-state index contributed by atoms with van der Waals surface area (Å²) in [5.74, 6) is -0.792. The number of hydrogen-bond acceptors (Lipinski definition) is 5. The third kappa shape index (κ3) is 4.09. The van der Waals surface area contributed by atoms with Gasteiger partial charge in [0, 0.05) is 19.2 Å². The molecule has 1 unspecified atom stereocenters. The van der Waals surface area contributed by atoms with Gasteiger partial charge in [-0.1, -0.05) is 29.8 Å². The lowest BCUT2D eigenvalue weighted by atomic mass is 9.93. The van der Waals surface area contributed by atoms with Gasteiger partial charge in [0.15, 0.2) is 0 Å². The molecule has 1 N–H and O–H groups in total. The predicted octanol–water partition coefficient (Wildman–Crippen LogP) is 3.77. The summed E-state index contributed by atoms with van der Waals surface area (Å²) in [6.45, 7) is 6.74. The van der Waals surface area contributed by atoms with Crippen molar-refractivity contribution in [3.05, 3.63) is 70.3 Å². The van der Waals surface area contributed by atoms with Crippen LogP contribution in [0.1, 0.15) is 35.2 Å². The van der Waals surface area contributed by atoms with Crippen LogP contribution in [0, 0.1) is 13.8 Å². The molecule has 0 radical (unpaired) electrons. The number of aliphatic hydroxyl groups is 1. The van der Waals surface area contributed by atoms with Crippen LogP contribution in [-0.2, 0) is 14.3 Å². The van der Waals surface area contributed by atoms with Gasteiger partial charge in [-0.25, -0.2) is 0 Å². The number of Topliss-reactive ketones (excluding diaryl/α,β-unsaturated/α-hetero) is 1. The summed E-state index contributed by atoms with van der Waals surface area (Å²) in [5.41, 5.74) is 3.14. The van der Waals surface area contributed by atoms with Crippen molar-refractivity contribution < 1.29 is 24.2 Å². The maximum absolute atomic E-state index is 13.0. The Balaban J connectivity index is 2.16. The van der Waals surface area contributed by atoms with Crippen LogP contribution in [0.5, 0.6) is 5.75 Å². The summed E-state index contributed by atoms with van der Waals surface area (Å²) >= 11 is 0. The van der Waals surface area contributed by atoms with Crippen molar-refractivity contribution in [2.45, 2.75) is 26.8 Å². The molecule has 2 aromatic rings. The molecule has 6 heteroatoms. The molecule has 0 aliphatic carbocycles. The van der Waals surface area contributed by atoms with Crippen molar-refractivity contribution in [2.75, 3.05) is 26.9 Å². The monoisotopic (exact) mass is 409 g/mol. The number of aliphatic hydroxyl groups excluding tert-OH is 1. The van der Waals surface area contributed by atoms with E-state index in [4.69, 9.17) is 9.47 Å². The van der Waals surface area contributed by atoms with Gasteiger partial charge in [0.25, 0.3) is 11.7 Å². The minimum absolute atomic E-state index is 0.0916. The Hall–Kier alpha value is -3.12. The molecule has 0 bridgehead atoms. The van der Waals surface area contributed by atoms with Crippen LogP contribution in [0.15, 0.2) is 48.0 Å². The normalized spacial score (nSPS) is 18.1. The number of nitrogens with zero attached hydrogens (tertiary/aromatic N) is 1. The fourth-order valence-electron chi connectivity index (χ4n) is 3.70. The summed E-state index contributed by atoms with van der Waals surface area (Å²) in [7, 11) is 1.54. The number of aryl methyl sites for hydroxylation is 2. The number of amides is 1. The van der Waals surface area contributed by atoms with E-state index >= 15 is 0 Å². The van der Waals surface area contributed by atoms with Crippen LogP contribution in [-0.4, -0.2) is 48.6 Å². The molecule has 0 spiro atoms. The summed E-state index contributed by atoms with van der Waals surface area (Å²) < 4.78 is 10.6. The summed E-state index contributed by atoms with van der Waals surface area (Å²) in [6.07, 6.45) is 0. The molecular formula is C24H27NO5. The Labute approximate surface area is 176 Å². The van der Waals surface area contributed by atoms with E-state index in [1.54, 1.807) is 19.2 Å². The molecule has 1 atom stereocenters. The molecule has 3 rings (SSSR count). The highest BCUT2D eigenvalue weighted by Gasteiger charge is 2.46. The predicted molar refractivity (Wildman–Crippen MR) is 114 cm³/mol. The minimum Gasteiger partial charge on any atom is -0.507 e.